The number of allylic oxidation sites excluding steroid dienone is 5. The lowest BCUT2D eigenvalue weighted by molar-refractivity contribution is 0.443. The van der Waals surface area contributed by atoms with Gasteiger partial charge in [-0.25, -0.2) is 93.6 Å². The average Bonchev–Trinajstić information content (AvgIpc) is 1.58. The van der Waals surface area contributed by atoms with Gasteiger partial charge in [0.2, 0.25) is 5.70 Å². The molecule has 7 aromatic rings. The van der Waals surface area contributed by atoms with E-state index in [1.807, 2.05) is 0 Å². The Morgan fingerprint density at radius 3 is 0.893 bits per heavy atom. The van der Waals surface area contributed by atoms with Crippen molar-refractivity contribution in [3.63, 3.8) is 0 Å². The number of rotatable bonds is 6. The van der Waals surface area contributed by atoms with E-state index in [1.165, 1.54) is 18.2 Å². The van der Waals surface area contributed by atoms with Crippen LogP contribution < -0.4 is 0 Å². The Balaban J connectivity index is 1.74. The van der Waals surface area contributed by atoms with Crippen molar-refractivity contribution in [1.82, 2.24) is 0 Å². The minimum absolute atomic E-state index is 0.489. The maximum atomic E-state index is 17.0. The highest BCUT2D eigenvalue weighted by molar-refractivity contribution is 6.36. The standard InChI is InChI=1S/C58H8F18N8/c1-82-56-27(18-6-10-20(60)11-7-18)33(35(37-46(67)42(63)25(16-81)43(64)47(37)68)39-50(71)54(75)58(84-3)55(76)51(39)72)30-23(14-79)29-28(22(13-78)31(30)56)21(12-77)26(17-4-8-19(59)9-5-17)32(29)34(36-44(65)40(61)24(15-80)41(62)45(36)66)38-48(69)52(73)57(83-2)53(74)49(38)70/h4-11H/b34-32-,35-33+. The molecular formula is C58H8F18N8. The summed E-state index contributed by atoms with van der Waals surface area (Å²) < 4.78 is 294. The fraction of sp³-hybridized carbons (Fsp3) is 0. The molecule has 0 amide bonds. The number of nitriles is 5. The highest BCUT2D eigenvalue weighted by atomic mass is 19.2. The lowest BCUT2D eigenvalue weighted by Gasteiger charge is -2.24. The van der Waals surface area contributed by atoms with Gasteiger partial charge < -0.3 is 0 Å². The predicted octanol–water partition coefficient (Wildman–Crippen LogP) is 15.9. The molecule has 0 heterocycles. The molecule has 0 aliphatic heterocycles. The van der Waals surface area contributed by atoms with Crippen molar-refractivity contribution in [2.45, 2.75) is 0 Å². The van der Waals surface area contributed by atoms with Crippen LogP contribution in [0.3, 0.4) is 0 Å². The summed E-state index contributed by atoms with van der Waals surface area (Å²) >= 11 is 0. The SMILES string of the molecule is [C-]#[N+]C1=C(c2ccc(F)cc2)/C(=C(/c2c(F)c(F)c(C#N)c(F)c2F)c2c(F)c(F)c([N+]#[C-])c(F)c2F)c2c(C#N)c3c(c(C#N)c21)C(C#N)=C(c1ccc(F)cc1)/C3=C(\c1c(F)c(F)c(C#N)c(F)c1F)c1c(F)c(F)c([N+]#[C-])c(F)c1F. The van der Waals surface area contributed by atoms with E-state index in [2.05, 4.69) is 14.5 Å². The van der Waals surface area contributed by atoms with Gasteiger partial charge in [0.1, 0.15) is 47.0 Å². The smallest absolute Gasteiger partial charge is 0.237 e. The van der Waals surface area contributed by atoms with Crippen molar-refractivity contribution in [2.24, 2.45) is 0 Å². The van der Waals surface area contributed by atoms with Crippen LogP contribution >= 0.6 is 0 Å². The first-order chi connectivity index (χ1) is 39.9. The average molecular weight is 1160 g/mol. The first kappa shape index (κ1) is 56.9. The Bertz CT molecular complexity index is 4260. The largest absolute Gasteiger partial charge is 0.262 e. The van der Waals surface area contributed by atoms with Gasteiger partial charge >= 0.3 is 0 Å². The van der Waals surface area contributed by atoms with E-state index >= 15 is 70.2 Å². The third kappa shape index (κ3) is 7.74. The maximum absolute atomic E-state index is 17.0. The molecule has 0 bridgehead atoms. The Kier molecular flexibility index (Phi) is 14.0. The molecule has 2 aliphatic carbocycles. The minimum Gasteiger partial charge on any atom is -0.237 e. The van der Waals surface area contributed by atoms with Crippen molar-refractivity contribution in [1.29, 1.82) is 26.3 Å². The predicted molar refractivity (Wildman–Crippen MR) is 253 cm³/mol. The molecule has 0 spiro atoms. The lowest BCUT2D eigenvalue weighted by atomic mass is 9.78. The Morgan fingerprint density at radius 1 is 0.310 bits per heavy atom. The van der Waals surface area contributed by atoms with Crippen molar-refractivity contribution >= 4 is 56.1 Å². The van der Waals surface area contributed by atoms with E-state index < -0.39 is 239 Å². The minimum atomic E-state index is -2.94. The lowest BCUT2D eigenvalue weighted by Crippen LogP contribution is -2.14. The fourth-order valence-corrected chi connectivity index (χ4v) is 9.75. The van der Waals surface area contributed by atoms with Crippen LogP contribution in [-0.2, 0) is 0 Å². The number of benzene rings is 7. The number of hydrogen-bond acceptors (Lipinski definition) is 5. The highest BCUT2D eigenvalue weighted by Gasteiger charge is 2.48. The Hall–Kier alpha value is -11.8. The molecule has 0 N–H and O–H groups in total. The number of fused-ring (bicyclic) bond motifs is 2. The van der Waals surface area contributed by atoms with Crippen LogP contribution in [0.25, 0.3) is 59.2 Å². The summed E-state index contributed by atoms with van der Waals surface area (Å²) in [5.41, 5.74) is -43.3. The first-order valence-corrected chi connectivity index (χ1v) is 22.3. The zero-order valence-electron chi connectivity index (χ0n) is 40.0. The topological polar surface area (TPSA) is 132 Å². The van der Waals surface area contributed by atoms with Crippen LogP contribution in [0.5, 0.6) is 0 Å². The summed E-state index contributed by atoms with van der Waals surface area (Å²) in [7, 11) is 0. The molecule has 0 saturated carbocycles. The van der Waals surface area contributed by atoms with Crippen molar-refractivity contribution in [2.75, 3.05) is 0 Å². The molecule has 0 fully saturated rings. The van der Waals surface area contributed by atoms with Crippen LogP contribution in [0, 0.1) is 181 Å². The summed E-state index contributed by atoms with van der Waals surface area (Å²) in [6.07, 6.45) is 0. The van der Waals surface area contributed by atoms with E-state index in [0.29, 0.717) is 48.5 Å². The van der Waals surface area contributed by atoms with E-state index in [1.54, 1.807) is 0 Å². The van der Waals surface area contributed by atoms with Gasteiger partial charge in [0.15, 0.2) is 93.1 Å². The Morgan fingerprint density at radius 2 is 0.595 bits per heavy atom. The van der Waals surface area contributed by atoms with E-state index in [4.69, 9.17) is 19.7 Å². The van der Waals surface area contributed by atoms with Crippen LogP contribution in [0.1, 0.15) is 77.9 Å². The molecule has 0 unspecified atom stereocenters. The van der Waals surface area contributed by atoms with Crippen LogP contribution in [0.15, 0.2) is 48.5 Å². The molecule has 9 rings (SSSR count). The second kappa shape index (κ2) is 20.7. The molecule has 26 heteroatoms. The summed E-state index contributed by atoms with van der Waals surface area (Å²) in [6, 6.07) is 9.95. The molecular weight excluding hydrogens is 1150 g/mol. The molecule has 84 heavy (non-hydrogen) atoms. The summed E-state index contributed by atoms with van der Waals surface area (Å²) in [6.45, 7) is 22.8. The van der Waals surface area contributed by atoms with Gasteiger partial charge in [0, 0.05) is 39.0 Å². The van der Waals surface area contributed by atoms with Crippen LogP contribution in [0.4, 0.5) is 90.4 Å². The molecule has 7 aromatic carbocycles. The summed E-state index contributed by atoms with van der Waals surface area (Å²) in [4.78, 5) is 7.90. The second-order valence-corrected chi connectivity index (χ2v) is 17.1. The molecule has 0 radical (unpaired) electrons. The van der Waals surface area contributed by atoms with Gasteiger partial charge in [-0.2, -0.15) is 26.3 Å². The maximum Gasteiger partial charge on any atom is 0.262 e. The van der Waals surface area contributed by atoms with Gasteiger partial charge in [-0.15, -0.1) is 0 Å². The zero-order valence-corrected chi connectivity index (χ0v) is 40.0. The number of hydrogen-bond donors (Lipinski definition) is 0. The quantitative estimate of drug-likeness (QED) is 0.0929. The van der Waals surface area contributed by atoms with E-state index in [0.717, 1.165) is 12.1 Å². The zero-order chi connectivity index (χ0) is 61.6. The van der Waals surface area contributed by atoms with Crippen molar-refractivity contribution in [3.8, 4) is 30.3 Å². The third-order valence-electron chi connectivity index (χ3n) is 13.1. The molecule has 2 aliphatic rings. The number of nitrogens with zero attached hydrogens (tertiary/aromatic N) is 8. The molecule has 0 atom stereocenters. The Labute approximate surface area is 456 Å². The third-order valence-corrected chi connectivity index (χ3v) is 13.1. The highest BCUT2D eigenvalue weighted by Crippen LogP contribution is 2.62. The van der Waals surface area contributed by atoms with Crippen molar-refractivity contribution in [3.05, 3.63) is 265 Å². The number of halogens is 18. The summed E-state index contributed by atoms with van der Waals surface area (Å²) in [5.74, 6) is -48.2. The van der Waals surface area contributed by atoms with Gasteiger partial charge in [0.05, 0.1) is 64.7 Å². The first-order valence-electron chi connectivity index (χ1n) is 22.3. The van der Waals surface area contributed by atoms with Gasteiger partial charge in [-0.3, -0.25) is 0 Å². The fourth-order valence-electron chi connectivity index (χ4n) is 9.75. The van der Waals surface area contributed by atoms with Gasteiger partial charge in [0.25, 0.3) is 11.4 Å². The van der Waals surface area contributed by atoms with Crippen LogP contribution in [-0.4, -0.2) is 0 Å². The second-order valence-electron chi connectivity index (χ2n) is 17.1. The van der Waals surface area contributed by atoms with Gasteiger partial charge in [-0.05, 0) is 52.1 Å². The normalized spacial score (nSPS) is 13.5. The molecule has 0 saturated heterocycles. The van der Waals surface area contributed by atoms with E-state index in [9.17, 15) is 35.1 Å². The monoisotopic (exact) mass is 1160 g/mol. The van der Waals surface area contributed by atoms with Crippen LogP contribution in [0.2, 0.25) is 0 Å². The summed E-state index contributed by atoms with van der Waals surface area (Å²) in [5, 5.41) is 53.1. The molecule has 406 valence electrons. The van der Waals surface area contributed by atoms with E-state index in [-0.39, 0.29) is 0 Å². The molecule has 8 nitrogen and oxygen atoms in total. The van der Waals surface area contributed by atoms with Gasteiger partial charge in [-0.1, -0.05) is 24.3 Å². The molecule has 0 aromatic heterocycles. The van der Waals surface area contributed by atoms with Crippen molar-refractivity contribution < 1.29 is 79.0 Å².